The highest BCUT2D eigenvalue weighted by molar-refractivity contribution is 7.20. The largest absolute Gasteiger partial charge is 0.477 e. The first kappa shape index (κ1) is 12.3. The zero-order valence-corrected chi connectivity index (χ0v) is 11.3. The minimum Gasteiger partial charge on any atom is -0.477 e. The van der Waals surface area contributed by atoms with E-state index in [4.69, 9.17) is 0 Å². The van der Waals surface area contributed by atoms with Gasteiger partial charge in [-0.1, -0.05) is 0 Å². The van der Waals surface area contributed by atoms with Gasteiger partial charge in [0, 0.05) is 26.2 Å². The Balaban J connectivity index is 2.16. The molecule has 2 aromatic heterocycles. The number of fused-ring (bicyclic) bond motifs is 1. The van der Waals surface area contributed by atoms with Gasteiger partial charge in [0.15, 0.2) is 0 Å². The van der Waals surface area contributed by atoms with Crippen molar-refractivity contribution in [1.29, 1.82) is 0 Å². The molecule has 1 aliphatic rings. The van der Waals surface area contributed by atoms with Gasteiger partial charge in [0.1, 0.15) is 21.9 Å². The molecule has 7 heteroatoms. The van der Waals surface area contributed by atoms with Crippen molar-refractivity contribution in [3.8, 4) is 0 Å². The van der Waals surface area contributed by atoms with Gasteiger partial charge in [0.2, 0.25) is 0 Å². The fourth-order valence-corrected chi connectivity index (χ4v) is 3.36. The molecule has 0 bridgehead atoms. The second kappa shape index (κ2) is 4.75. The summed E-state index contributed by atoms with van der Waals surface area (Å²) in [5.74, 6) is -0.0421. The Labute approximate surface area is 114 Å². The smallest absolute Gasteiger partial charge is 0.346 e. The molecule has 0 aromatic carbocycles. The highest BCUT2D eigenvalue weighted by atomic mass is 32.1. The summed E-state index contributed by atoms with van der Waals surface area (Å²) >= 11 is 1.22. The number of thiophene rings is 1. The van der Waals surface area contributed by atoms with Crippen LogP contribution in [0.2, 0.25) is 0 Å². The molecule has 1 saturated heterocycles. The van der Waals surface area contributed by atoms with Crippen molar-refractivity contribution in [2.45, 2.75) is 6.92 Å². The van der Waals surface area contributed by atoms with Crippen LogP contribution in [0.3, 0.4) is 0 Å². The molecule has 3 rings (SSSR count). The number of carboxylic acids is 1. The molecular weight excluding hydrogens is 264 g/mol. The number of aromatic nitrogens is 2. The van der Waals surface area contributed by atoms with E-state index in [0.29, 0.717) is 4.88 Å². The molecule has 0 unspecified atom stereocenters. The zero-order chi connectivity index (χ0) is 13.4. The van der Waals surface area contributed by atoms with Crippen LogP contribution >= 0.6 is 11.3 Å². The summed E-state index contributed by atoms with van der Waals surface area (Å²) in [6.07, 6.45) is 1.52. The number of rotatable bonds is 2. The maximum Gasteiger partial charge on any atom is 0.346 e. The minimum absolute atomic E-state index is 0.354. The monoisotopic (exact) mass is 278 g/mol. The Morgan fingerprint density at radius 2 is 2.16 bits per heavy atom. The van der Waals surface area contributed by atoms with E-state index in [0.717, 1.165) is 47.8 Å². The Hall–Kier alpha value is -1.73. The van der Waals surface area contributed by atoms with E-state index in [9.17, 15) is 9.90 Å². The molecule has 0 saturated carbocycles. The molecule has 6 nitrogen and oxygen atoms in total. The maximum atomic E-state index is 11.2. The summed E-state index contributed by atoms with van der Waals surface area (Å²) in [6.45, 7) is 5.42. The number of anilines is 1. The fraction of sp³-hybridized carbons (Fsp3) is 0.417. The van der Waals surface area contributed by atoms with Gasteiger partial charge in [-0.25, -0.2) is 14.8 Å². The number of nitrogens with zero attached hydrogens (tertiary/aromatic N) is 3. The fourth-order valence-electron chi connectivity index (χ4n) is 2.37. The molecule has 0 aliphatic carbocycles. The molecular formula is C12H14N4O2S. The van der Waals surface area contributed by atoms with Gasteiger partial charge in [-0.3, -0.25) is 0 Å². The molecule has 0 spiro atoms. The van der Waals surface area contributed by atoms with Gasteiger partial charge in [-0.2, -0.15) is 0 Å². The number of piperazine rings is 1. The highest BCUT2D eigenvalue weighted by Crippen LogP contribution is 2.34. The van der Waals surface area contributed by atoms with Crippen LogP contribution in [-0.2, 0) is 0 Å². The Morgan fingerprint density at radius 1 is 1.42 bits per heavy atom. The first-order chi connectivity index (χ1) is 9.18. The molecule has 0 amide bonds. The number of carboxylic acid groups (broad SMARTS) is 1. The van der Waals surface area contributed by atoms with E-state index in [-0.39, 0.29) is 0 Å². The van der Waals surface area contributed by atoms with Crippen LogP contribution in [0.5, 0.6) is 0 Å². The van der Waals surface area contributed by atoms with Crippen LogP contribution in [0.25, 0.3) is 10.2 Å². The van der Waals surface area contributed by atoms with Crippen molar-refractivity contribution in [2.75, 3.05) is 31.1 Å². The molecule has 1 aliphatic heterocycles. The summed E-state index contributed by atoms with van der Waals surface area (Å²) in [4.78, 5) is 23.1. The Bertz CT molecular complexity index is 634. The van der Waals surface area contributed by atoms with E-state index < -0.39 is 5.97 Å². The van der Waals surface area contributed by atoms with E-state index in [1.807, 2.05) is 6.92 Å². The molecule has 2 aromatic rings. The summed E-state index contributed by atoms with van der Waals surface area (Å²) in [7, 11) is 0. The van der Waals surface area contributed by atoms with Crippen molar-refractivity contribution in [1.82, 2.24) is 15.3 Å². The predicted molar refractivity (Wildman–Crippen MR) is 74.2 cm³/mol. The molecule has 100 valence electrons. The number of hydrogen-bond donors (Lipinski definition) is 2. The SMILES string of the molecule is Cc1c(C(=O)O)sc2ncnc(N3CCNCC3)c12. The summed E-state index contributed by atoms with van der Waals surface area (Å²) in [5, 5.41) is 13.4. The quantitative estimate of drug-likeness (QED) is 0.856. The maximum absolute atomic E-state index is 11.2. The number of aryl methyl sites for hydroxylation is 1. The average Bonchev–Trinajstić information content (AvgIpc) is 2.78. The topological polar surface area (TPSA) is 78.3 Å². The van der Waals surface area contributed by atoms with Crippen LogP contribution in [0.1, 0.15) is 15.2 Å². The van der Waals surface area contributed by atoms with Crippen molar-refractivity contribution in [3.05, 3.63) is 16.8 Å². The number of aromatic carboxylic acids is 1. The van der Waals surface area contributed by atoms with E-state index in [1.165, 1.54) is 17.7 Å². The van der Waals surface area contributed by atoms with Crippen LogP contribution in [0.4, 0.5) is 5.82 Å². The molecule has 1 fully saturated rings. The lowest BCUT2D eigenvalue weighted by Crippen LogP contribution is -2.44. The number of carbonyl (C=O) groups is 1. The third kappa shape index (κ3) is 2.04. The Morgan fingerprint density at radius 3 is 2.84 bits per heavy atom. The number of nitrogens with one attached hydrogen (secondary N) is 1. The van der Waals surface area contributed by atoms with Gasteiger partial charge < -0.3 is 15.3 Å². The van der Waals surface area contributed by atoms with Gasteiger partial charge in [-0.05, 0) is 12.5 Å². The second-order valence-corrected chi connectivity index (χ2v) is 5.47. The average molecular weight is 278 g/mol. The lowest BCUT2D eigenvalue weighted by Gasteiger charge is -2.28. The minimum atomic E-state index is -0.897. The standard InChI is InChI=1S/C12H14N4O2S/c1-7-8-10(16-4-2-13-3-5-16)14-6-15-11(8)19-9(7)12(17)18/h6,13H,2-5H2,1H3,(H,17,18). The van der Waals surface area contributed by atoms with Crippen molar-refractivity contribution in [2.24, 2.45) is 0 Å². The van der Waals surface area contributed by atoms with Gasteiger partial charge in [-0.15, -0.1) is 11.3 Å². The number of hydrogen-bond acceptors (Lipinski definition) is 6. The molecule has 0 radical (unpaired) electrons. The van der Waals surface area contributed by atoms with Crippen LogP contribution in [-0.4, -0.2) is 47.2 Å². The van der Waals surface area contributed by atoms with Crippen LogP contribution in [0.15, 0.2) is 6.33 Å². The highest BCUT2D eigenvalue weighted by Gasteiger charge is 2.22. The van der Waals surface area contributed by atoms with Crippen molar-refractivity contribution < 1.29 is 9.90 Å². The second-order valence-electron chi connectivity index (χ2n) is 4.48. The first-order valence-electron chi connectivity index (χ1n) is 6.11. The third-order valence-electron chi connectivity index (χ3n) is 3.32. The van der Waals surface area contributed by atoms with Crippen molar-refractivity contribution >= 4 is 33.3 Å². The van der Waals surface area contributed by atoms with Crippen LogP contribution in [0, 0.1) is 6.92 Å². The summed E-state index contributed by atoms with van der Waals surface area (Å²) in [5.41, 5.74) is 0.765. The van der Waals surface area contributed by atoms with Crippen molar-refractivity contribution in [3.63, 3.8) is 0 Å². The van der Waals surface area contributed by atoms with E-state index in [1.54, 1.807) is 0 Å². The lowest BCUT2D eigenvalue weighted by molar-refractivity contribution is 0.0701. The molecule has 3 heterocycles. The summed E-state index contributed by atoms with van der Waals surface area (Å²) < 4.78 is 0. The Kier molecular flexibility index (Phi) is 3.08. The first-order valence-corrected chi connectivity index (χ1v) is 6.93. The zero-order valence-electron chi connectivity index (χ0n) is 10.5. The molecule has 19 heavy (non-hydrogen) atoms. The van der Waals surface area contributed by atoms with Gasteiger partial charge in [0.25, 0.3) is 0 Å². The molecule has 2 N–H and O–H groups in total. The normalized spacial score (nSPS) is 15.9. The van der Waals surface area contributed by atoms with Gasteiger partial charge >= 0.3 is 5.97 Å². The van der Waals surface area contributed by atoms with Crippen LogP contribution < -0.4 is 10.2 Å². The predicted octanol–water partition coefficient (Wildman–Crippen LogP) is 1.11. The third-order valence-corrected chi connectivity index (χ3v) is 4.51. The van der Waals surface area contributed by atoms with Gasteiger partial charge in [0.05, 0.1) is 5.39 Å². The van der Waals surface area contributed by atoms with E-state index >= 15 is 0 Å². The van der Waals surface area contributed by atoms with E-state index in [2.05, 4.69) is 20.2 Å². The molecule has 0 atom stereocenters. The summed E-state index contributed by atoms with van der Waals surface area (Å²) in [6, 6.07) is 0. The lowest BCUT2D eigenvalue weighted by atomic mass is 10.2.